The van der Waals surface area contributed by atoms with E-state index in [0.717, 1.165) is 15.7 Å². The fraction of sp³-hybridized carbons (Fsp3) is 0.333. The van der Waals surface area contributed by atoms with Crippen LogP contribution in [0.25, 0.3) is 0 Å². The average Bonchev–Trinajstić information content (AvgIpc) is 2.95. The predicted octanol–water partition coefficient (Wildman–Crippen LogP) is 1.92. The van der Waals surface area contributed by atoms with Crippen LogP contribution in [0, 0.1) is 0 Å². The summed E-state index contributed by atoms with van der Waals surface area (Å²) in [6.45, 7) is 1.78. The van der Waals surface area contributed by atoms with Gasteiger partial charge < -0.3 is 19.9 Å². The molecule has 2 N–H and O–H groups in total. The first-order valence-corrected chi connectivity index (χ1v) is 7.91. The molecule has 0 aliphatic carbocycles. The zero-order valence-electron chi connectivity index (χ0n) is 12.7. The normalized spacial score (nSPS) is 17.3. The van der Waals surface area contributed by atoms with E-state index in [1.165, 1.54) is 0 Å². The molecule has 1 aliphatic heterocycles. The third-order valence-electron chi connectivity index (χ3n) is 3.35. The molecule has 1 fully saturated rings. The molecule has 0 spiro atoms. The summed E-state index contributed by atoms with van der Waals surface area (Å²) in [7, 11) is 1.96. The number of anilines is 1. The summed E-state index contributed by atoms with van der Waals surface area (Å²) in [5.74, 6) is -0.0656. The second kappa shape index (κ2) is 8.35. The van der Waals surface area contributed by atoms with E-state index < -0.39 is 0 Å². The smallest absolute Gasteiger partial charge is 0.243 e. The van der Waals surface area contributed by atoms with Crippen molar-refractivity contribution in [3.05, 3.63) is 36.7 Å². The number of imidazole rings is 1. The lowest BCUT2D eigenvalue weighted by atomic mass is 10.2. The third kappa shape index (κ3) is 4.71. The van der Waals surface area contributed by atoms with Gasteiger partial charge in [0.1, 0.15) is 6.04 Å². The van der Waals surface area contributed by atoms with Crippen LogP contribution < -0.4 is 10.6 Å². The Bertz CT molecular complexity index is 641. The molecule has 23 heavy (non-hydrogen) atoms. The summed E-state index contributed by atoms with van der Waals surface area (Å²) in [5, 5.41) is 6.96. The topological polar surface area (TPSA) is 68.2 Å². The molecule has 2 heterocycles. The van der Waals surface area contributed by atoms with Crippen molar-refractivity contribution in [1.29, 1.82) is 0 Å². The van der Waals surface area contributed by atoms with Crippen LogP contribution in [0.1, 0.15) is 0 Å². The third-order valence-corrected chi connectivity index (χ3v) is 4.43. The van der Waals surface area contributed by atoms with Crippen molar-refractivity contribution in [3.63, 3.8) is 0 Å². The van der Waals surface area contributed by atoms with Gasteiger partial charge in [-0.2, -0.15) is 0 Å². The van der Waals surface area contributed by atoms with E-state index in [1.807, 2.05) is 42.1 Å². The monoisotopic (exact) mass is 354 g/mol. The molecule has 1 saturated heterocycles. The predicted molar refractivity (Wildman–Crippen MR) is 92.3 cm³/mol. The number of ether oxygens (including phenoxy) is 1. The van der Waals surface area contributed by atoms with Crippen molar-refractivity contribution in [2.45, 2.75) is 16.1 Å². The highest BCUT2D eigenvalue weighted by molar-refractivity contribution is 7.99. The van der Waals surface area contributed by atoms with E-state index in [0.29, 0.717) is 19.8 Å². The van der Waals surface area contributed by atoms with Crippen LogP contribution in [0.2, 0.25) is 0 Å². The number of carbonyl (C=O) groups excluding carboxylic acids is 1. The molecular formula is C15H19ClN4O2S. The van der Waals surface area contributed by atoms with Gasteiger partial charge in [-0.15, -0.1) is 12.4 Å². The maximum absolute atomic E-state index is 12.1. The van der Waals surface area contributed by atoms with Gasteiger partial charge in [0.25, 0.3) is 0 Å². The summed E-state index contributed by atoms with van der Waals surface area (Å²) < 4.78 is 7.26. The minimum atomic E-state index is -0.282. The van der Waals surface area contributed by atoms with E-state index >= 15 is 0 Å². The Labute approximate surface area is 145 Å². The fourth-order valence-electron chi connectivity index (χ4n) is 2.13. The summed E-state index contributed by atoms with van der Waals surface area (Å²) in [4.78, 5) is 17.4. The Balaban J connectivity index is 0.00000192. The Morgan fingerprint density at radius 1 is 1.43 bits per heavy atom. The molecule has 6 nitrogen and oxygen atoms in total. The van der Waals surface area contributed by atoms with Gasteiger partial charge in [-0.1, -0.05) is 11.8 Å². The van der Waals surface area contributed by atoms with Crippen molar-refractivity contribution in [3.8, 4) is 0 Å². The molecule has 1 aliphatic rings. The standard InChI is InChI=1S/C15H18N4O2S.ClH/c1-19-8-6-17-15(19)22-12-4-2-11(3-5-12)18-14(20)13-10-21-9-7-16-13;/h2-6,8,13,16H,7,9-10H2,1H3,(H,18,20);1H. The van der Waals surface area contributed by atoms with Gasteiger partial charge in [-0.25, -0.2) is 4.98 Å². The summed E-state index contributed by atoms with van der Waals surface area (Å²) in [6.07, 6.45) is 3.69. The number of aryl methyl sites for hydroxylation is 1. The van der Waals surface area contributed by atoms with Gasteiger partial charge in [-0.3, -0.25) is 4.79 Å². The van der Waals surface area contributed by atoms with Gasteiger partial charge in [0, 0.05) is 36.6 Å². The largest absolute Gasteiger partial charge is 0.378 e. The Kier molecular flexibility index (Phi) is 6.47. The molecule has 1 unspecified atom stereocenters. The van der Waals surface area contributed by atoms with Gasteiger partial charge in [0.2, 0.25) is 5.91 Å². The summed E-state index contributed by atoms with van der Waals surface area (Å²) >= 11 is 1.58. The Morgan fingerprint density at radius 3 is 2.83 bits per heavy atom. The van der Waals surface area contributed by atoms with E-state index in [-0.39, 0.29) is 24.4 Å². The second-order valence-corrected chi connectivity index (χ2v) is 6.06. The van der Waals surface area contributed by atoms with Crippen molar-refractivity contribution in [2.75, 3.05) is 25.1 Å². The van der Waals surface area contributed by atoms with Gasteiger partial charge in [0.05, 0.1) is 13.2 Å². The zero-order chi connectivity index (χ0) is 15.4. The number of nitrogens with one attached hydrogen (secondary N) is 2. The Hall–Kier alpha value is -1.54. The first-order valence-electron chi connectivity index (χ1n) is 7.09. The number of nitrogens with zero attached hydrogens (tertiary/aromatic N) is 2. The highest BCUT2D eigenvalue weighted by Gasteiger charge is 2.20. The maximum Gasteiger partial charge on any atom is 0.243 e. The van der Waals surface area contributed by atoms with Crippen molar-refractivity contribution in [2.24, 2.45) is 7.05 Å². The van der Waals surface area contributed by atoms with E-state index in [4.69, 9.17) is 4.74 Å². The molecule has 1 aromatic heterocycles. The van der Waals surface area contributed by atoms with Crippen LogP contribution in [0.5, 0.6) is 0 Å². The molecule has 1 amide bonds. The number of rotatable bonds is 4. The van der Waals surface area contributed by atoms with Crippen LogP contribution in [0.15, 0.2) is 46.7 Å². The first-order chi connectivity index (χ1) is 10.7. The lowest BCUT2D eigenvalue weighted by Gasteiger charge is -2.22. The number of halogens is 1. The van der Waals surface area contributed by atoms with Gasteiger partial charge >= 0.3 is 0 Å². The van der Waals surface area contributed by atoms with E-state index in [9.17, 15) is 4.79 Å². The lowest BCUT2D eigenvalue weighted by Crippen LogP contribution is -2.48. The summed E-state index contributed by atoms with van der Waals surface area (Å²) in [5.41, 5.74) is 0.779. The molecule has 0 saturated carbocycles. The summed E-state index contributed by atoms with van der Waals surface area (Å²) in [6, 6.07) is 7.45. The highest BCUT2D eigenvalue weighted by Crippen LogP contribution is 2.26. The van der Waals surface area contributed by atoms with Crippen LogP contribution in [-0.2, 0) is 16.6 Å². The van der Waals surface area contributed by atoms with Crippen LogP contribution in [0.3, 0.4) is 0 Å². The van der Waals surface area contributed by atoms with Gasteiger partial charge in [-0.05, 0) is 24.3 Å². The highest BCUT2D eigenvalue weighted by atomic mass is 35.5. The minimum Gasteiger partial charge on any atom is -0.378 e. The molecular weight excluding hydrogens is 336 g/mol. The number of carbonyl (C=O) groups is 1. The van der Waals surface area contributed by atoms with Crippen LogP contribution >= 0.6 is 24.2 Å². The lowest BCUT2D eigenvalue weighted by molar-refractivity contribution is -0.120. The van der Waals surface area contributed by atoms with Crippen molar-refractivity contribution < 1.29 is 9.53 Å². The number of hydrogen-bond acceptors (Lipinski definition) is 5. The molecule has 1 aromatic carbocycles. The van der Waals surface area contributed by atoms with Gasteiger partial charge in [0.15, 0.2) is 5.16 Å². The quantitative estimate of drug-likeness (QED) is 0.878. The number of morpholine rings is 1. The molecule has 8 heteroatoms. The van der Waals surface area contributed by atoms with Crippen LogP contribution in [0.4, 0.5) is 5.69 Å². The maximum atomic E-state index is 12.1. The zero-order valence-corrected chi connectivity index (χ0v) is 14.3. The second-order valence-electron chi connectivity index (χ2n) is 5.02. The molecule has 0 radical (unpaired) electrons. The minimum absolute atomic E-state index is 0. The van der Waals surface area contributed by atoms with Crippen molar-refractivity contribution in [1.82, 2.24) is 14.9 Å². The molecule has 3 rings (SSSR count). The van der Waals surface area contributed by atoms with E-state index in [1.54, 1.807) is 18.0 Å². The fourth-order valence-corrected chi connectivity index (χ4v) is 2.93. The average molecular weight is 355 g/mol. The van der Waals surface area contributed by atoms with E-state index in [2.05, 4.69) is 15.6 Å². The first kappa shape index (κ1) is 17.8. The number of hydrogen-bond donors (Lipinski definition) is 2. The molecule has 2 aromatic rings. The molecule has 1 atom stereocenters. The molecule has 124 valence electrons. The number of aromatic nitrogens is 2. The number of benzene rings is 1. The SMILES string of the molecule is Cl.Cn1ccnc1Sc1ccc(NC(=O)C2COCCN2)cc1. The van der Waals surface area contributed by atoms with Crippen molar-refractivity contribution >= 4 is 35.8 Å². The number of amides is 1. The Morgan fingerprint density at radius 2 is 2.22 bits per heavy atom. The van der Waals surface area contributed by atoms with Crippen LogP contribution in [-0.4, -0.2) is 41.3 Å². The molecule has 0 bridgehead atoms.